The van der Waals surface area contributed by atoms with Crippen molar-refractivity contribution in [1.29, 1.82) is 0 Å². The summed E-state index contributed by atoms with van der Waals surface area (Å²) in [6.07, 6.45) is 1.56. The van der Waals surface area contributed by atoms with E-state index in [-0.39, 0.29) is 0 Å². The molecule has 0 aliphatic carbocycles. The zero-order valence-corrected chi connectivity index (χ0v) is 12.5. The Bertz CT molecular complexity index is 785. The predicted octanol–water partition coefficient (Wildman–Crippen LogP) is 4.07. The minimum atomic E-state index is 0.327. The Morgan fingerprint density at radius 2 is 2.05 bits per heavy atom. The molecule has 7 heteroatoms. The van der Waals surface area contributed by atoms with Crippen molar-refractivity contribution in [2.45, 2.75) is 0 Å². The fraction of sp³-hybridized carbons (Fsp3) is 0. The number of imidazole rings is 1. The Balaban J connectivity index is 2.36. The van der Waals surface area contributed by atoms with Gasteiger partial charge in [0.25, 0.3) is 0 Å². The van der Waals surface area contributed by atoms with Crippen LogP contribution in [0.4, 0.5) is 5.95 Å². The third kappa shape index (κ3) is 2.08. The molecule has 2 N–H and O–H groups in total. The second kappa shape index (κ2) is 4.67. The van der Waals surface area contributed by atoms with Crippen molar-refractivity contribution in [2.24, 2.45) is 0 Å². The lowest BCUT2D eigenvalue weighted by Crippen LogP contribution is -2.02. The Morgan fingerprint density at radius 1 is 1.26 bits per heavy atom. The van der Waals surface area contributed by atoms with Crippen molar-refractivity contribution >= 4 is 56.2 Å². The van der Waals surface area contributed by atoms with Gasteiger partial charge in [-0.3, -0.25) is 4.57 Å². The highest BCUT2D eigenvalue weighted by molar-refractivity contribution is 9.10. The molecule has 0 spiro atoms. The molecule has 2 heterocycles. The van der Waals surface area contributed by atoms with Crippen LogP contribution in [0.5, 0.6) is 0 Å². The van der Waals surface area contributed by atoms with E-state index >= 15 is 0 Å². The van der Waals surface area contributed by atoms with Gasteiger partial charge in [0.15, 0.2) is 5.65 Å². The Hall–Kier alpha value is -1.30. The van der Waals surface area contributed by atoms with E-state index in [0.29, 0.717) is 27.2 Å². The summed E-state index contributed by atoms with van der Waals surface area (Å²) in [5, 5.41) is 1.11. The zero-order chi connectivity index (χ0) is 13.6. The molecule has 96 valence electrons. The van der Waals surface area contributed by atoms with Crippen LogP contribution in [0.15, 0.2) is 34.9 Å². The van der Waals surface area contributed by atoms with Crippen molar-refractivity contribution in [3.05, 3.63) is 45.0 Å². The first-order valence-electron chi connectivity index (χ1n) is 5.32. The standard InChI is InChI=1S/C12H7BrCl2N4/c13-10-7(15)2-1-3-9(10)19-11-8(18-12(19)16)4-6(14)5-17-11/h1-5H,(H2,16,18). The predicted molar refractivity (Wildman–Crippen MR) is 81.0 cm³/mol. The number of nitrogen functional groups attached to an aromatic ring is 1. The van der Waals surface area contributed by atoms with Crippen LogP contribution in [-0.2, 0) is 0 Å². The second-order valence-electron chi connectivity index (χ2n) is 3.87. The smallest absolute Gasteiger partial charge is 0.207 e. The molecule has 3 rings (SSSR count). The van der Waals surface area contributed by atoms with Crippen molar-refractivity contribution in [3.8, 4) is 5.69 Å². The SMILES string of the molecule is Nc1nc2cc(Cl)cnc2n1-c1cccc(Cl)c1Br. The van der Waals surface area contributed by atoms with Crippen molar-refractivity contribution in [1.82, 2.24) is 14.5 Å². The molecular formula is C12H7BrCl2N4. The van der Waals surface area contributed by atoms with Gasteiger partial charge in [-0.25, -0.2) is 9.97 Å². The van der Waals surface area contributed by atoms with E-state index in [1.54, 1.807) is 22.9 Å². The molecule has 1 aromatic carbocycles. The quantitative estimate of drug-likeness (QED) is 0.714. The molecule has 4 nitrogen and oxygen atoms in total. The van der Waals surface area contributed by atoms with Gasteiger partial charge in [-0.2, -0.15) is 0 Å². The molecule has 19 heavy (non-hydrogen) atoms. The van der Waals surface area contributed by atoms with Gasteiger partial charge in [0.05, 0.1) is 20.2 Å². The van der Waals surface area contributed by atoms with E-state index < -0.39 is 0 Å². The second-order valence-corrected chi connectivity index (χ2v) is 5.51. The summed E-state index contributed by atoms with van der Waals surface area (Å²) >= 11 is 15.4. The van der Waals surface area contributed by atoms with Crippen LogP contribution in [0.1, 0.15) is 0 Å². The molecule has 0 fully saturated rings. The molecule has 0 unspecified atom stereocenters. The average Bonchev–Trinajstić information content (AvgIpc) is 2.68. The summed E-state index contributed by atoms with van der Waals surface area (Å²) in [5.74, 6) is 0.327. The lowest BCUT2D eigenvalue weighted by atomic mass is 10.3. The average molecular weight is 358 g/mol. The summed E-state index contributed by atoms with van der Waals surface area (Å²) in [4.78, 5) is 8.52. The van der Waals surface area contributed by atoms with Gasteiger partial charge in [0.2, 0.25) is 5.95 Å². The molecule has 0 radical (unpaired) electrons. The molecule has 0 saturated carbocycles. The number of anilines is 1. The summed E-state index contributed by atoms with van der Waals surface area (Å²) in [5.41, 5.74) is 8.00. The first-order valence-corrected chi connectivity index (χ1v) is 6.86. The number of fused-ring (bicyclic) bond motifs is 1. The van der Waals surface area contributed by atoms with Crippen LogP contribution in [0.25, 0.3) is 16.9 Å². The van der Waals surface area contributed by atoms with Gasteiger partial charge < -0.3 is 5.73 Å². The van der Waals surface area contributed by atoms with Gasteiger partial charge in [-0.15, -0.1) is 0 Å². The first kappa shape index (κ1) is 12.7. The van der Waals surface area contributed by atoms with Crippen LogP contribution >= 0.6 is 39.1 Å². The highest BCUT2D eigenvalue weighted by atomic mass is 79.9. The van der Waals surface area contributed by atoms with Crippen LogP contribution in [0.3, 0.4) is 0 Å². The van der Waals surface area contributed by atoms with E-state index in [0.717, 1.165) is 10.2 Å². The van der Waals surface area contributed by atoms with Crippen molar-refractivity contribution in [3.63, 3.8) is 0 Å². The van der Waals surface area contributed by atoms with Crippen LogP contribution < -0.4 is 5.73 Å². The fourth-order valence-electron chi connectivity index (χ4n) is 1.86. The van der Waals surface area contributed by atoms with Crippen LogP contribution in [-0.4, -0.2) is 14.5 Å². The monoisotopic (exact) mass is 356 g/mol. The number of aromatic nitrogens is 3. The van der Waals surface area contributed by atoms with E-state index in [1.165, 1.54) is 0 Å². The largest absolute Gasteiger partial charge is 0.369 e. The molecule has 2 aromatic heterocycles. The molecule has 0 saturated heterocycles. The number of hydrogen-bond acceptors (Lipinski definition) is 3. The fourth-order valence-corrected chi connectivity index (χ4v) is 2.62. The lowest BCUT2D eigenvalue weighted by Gasteiger charge is -2.09. The van der Waals surface area contributed by atoms with E-state index in [2.05, 4.69) is 25.9 Å². The first-order chi connectivity index (χ1) is 9.08. The number of nitrogens with two attached hydrogens (primary N) is 1. The topological polar surface area (TPSA) is 56.7 Å². The Kier molecular flexibility index (Phi) is 3.12. The van der Waals surface area contributed by atoms with E-state index in [1.807, 2.05) is 12.1 Å². The minimum Gasteiger partial charge on any atom is -0.369 e. The minimum absolute atomic E-state index is 0.327. The van der Waals surface area contributed by atoms with E-state index in [4.69, 9.17) is 28.9 Å². The van der Waals surface area contributed by atoms with Crippen LogP contribution in [0, 0.1) is 0 Å². The van der Waals surface area contributed by atoms with Gasteiger partial charge in [-0.1, -0.05) is 29.3 Å². The summed E-state index contributed by atoms with van der Waals surface area (Å²) in [7, 11) is 0. The molecule has 0 amide bonds. The normalized spacial score (nSPS) is 11.1. The Morgan fingerprint density at radius 3 is 2.84 bits per heavy atom. The van der Waals surface area contributed by atoms with E-state index in [9.17, 15) is 0 Å². The number of benzene rings is 1. The summed E-state index contributed by atoms with van der Waals surface area (Å²) in [6.45, 7) is 0. The maximum Gasteiger partial charge on any atom is 0.207 e. The number of hydrogen-bond donors (Lipinski definition) is 1. The molecule has 0 atom stereocenters. The third-order valence-electron chi connectivity index (χ3n) is 2.66. The summed E-state index contributed by atoms with van der Waals surface area (Å²) < 4.78 is 2.46. The maximum absolute atomic E-state index is 6.10. The molecule has 0 aliphatic heterocycles. The highest BCUT2D eigenvalue weighted by Gasteiger charge is 2.15. The number of pyridine rings is 1. The summed E-state index contributed by atoms with van der Waals surface area (Å²) in [6, 6.07) is 7.22. The van der Waals surface area contributed by atoms with Crippen LogP contribution in [0.2, 0.25) is 10.0 Å². The molecule has 3 aromatic rings. The highest BCUT2D eigenvalue weighted by Crippen LogP contribution is 2.32. The molecular weight excluding hydrogens is 351 g/mol. The van der Waals surface area contributed by atoms with Crippen molar-refractivity contribution in [2.75, 3.05) is 5.73 Å². The number of nitrogens with zero attached hydrogens (tertiary/aromatic N) is 3. The maximum atomic E-state index is 6.10. The third-order valence-corrected chi connectivity index (χ3v) is 4.25. The van der Waals surface area contributed by atoms with Gasteiger partial charge in [0, 0.05) is 6.20 Å². The molecule has 0 aliphatic rings. The zero-order valence-electron chi connectivity index (χ0n) is 9.44. The van der Waals surface area contributed by atoms with Crippen molar-refractivity contribution < 1.29 is 0 Å². The molecule has 0 bridgehead atoms. The van der Waals surface area contributed by atoms with Gasteiger partial charge in [-0.05, 0) is 34.1 Å². The Labute approximate surface area is 127 Å². The lowest BCUT2D eigenvalue weighted by molar-refractivity contribution is 1.08. The van der Waals surface area contributed by atoms with Gasteiger partial charge >= 0.3 is 0 Å². The van der Waals surface area contributed by atoms with Gasteiger partial charge in [0.1, 0.15) is 5.52 Å². The number of rotatable bonds is 1. The number of halogens is 3.